The molecule has 3 heterocycles. The zero-order valence-electron chi connectivity index (χ0n) is 12.7. The maximum atomic E-state index is 12.1. The van der Waals surface area contributed by atoms with Gasteiger partial charge in [-0.05, 0) is 37.0 Å². The topological polar surface area (TPSA) is 92.5 Å². The third kappa shape index (κ3) is 2.55. The van der Waals surface area contributed by atoms with Gasteiger partial charge in [-0.2, -0.15) is 14.6 Å². The van der Waals surface area contributed by atoms with E-state index >= 15 is 0 Å². The van der Waals surface area contributed by atoms with Gasteiger partial charge < -0.3 is 9.84 Å². The van der Waals surface area contributed by atoms with Crippen molar-refractivity contribution in [2.24, 2.45) is 0 Å². The molecule has 0 spiro atoms. The van der Waals surface area contributed by atoms with Crippen LogP contribution in [0.5, 0.6) is 6.01 Å². The van der Waals surface area contributed by atoms with Gasteiger partial charge in [-0.15, -0.1) is 0 Å². The Hall–Kier alpha value is -2.38. The highest BCUT2D eigenvalue weighted by Crippen LogP contribution is 2.36. The number of aromatic nitrogens is 4. The van der Waals surface area contributed by atoms with Crippen LogP contribution in [-0.4, -0.2) is 31.3 Å². The minimum atomic E-state index is -0.547. The predicted octanol–water partition coefficient (Wildman–Crippen LogP) is 2.69. The van der Waals surface area contributed by atoms with E-state index in [1.165, 1.54) is 0 Å². The average Bonchev–Trinajstić information content (AvgIpc) is 2.96. The first-order valence-electron chi connectivity index (χ1n) is 7.73. The van der Waals surface area contributed by atoms with E-state index in [2.05, 4.69) is 15.1 Å². The molecular weight excluding hydrogens is 332 g/mol. The molecule has 2 N–H and O–H groups in total. The van der Waals surface area contributed by atoms with Crippen LogP contribution >= 0.6 is 11.6 Å². The number of ether oxygens (including phenoxy) is 1. The molecule has 1 aromatic carbocycles. The van der Waals surface area contributed by atoms with Crippen LogP contribution in [-0.2, 0) is 4.74 Å². The second-order valence-corrected chi connectivity index (χ2v) is 6.16. The summed E-state index contributed by atoms with van der Waals surface area (Å²) in [7, 11) is 0. The summed E-state index contributed by atoms with van der Waals surface area (Å²) in [4.78, 5) is 18.4. The lowest BCUT2D eigenvalue weighted by molar-refractivity contribution is 0.0125. The van der Waals surface area contributed by atoms with E-state index in [0.717, 1.165) is 29.3 Å². The third-order valence-electron chi connectivity index (χ3n) is 4.13. The largest absolute Gasteiger partial charge is 0.480 e. The van der Waals surface area contributed by atoms with Gasteiger partial charge in [-0.25, -0.2) is 4.79 Å². The molecule has 0 aliphatic carbocycles. The monoisotopic (exact) mass is 346 g/mol. The SMILES string of the molecule is O=c1[nH]c(O)nc2c(-c3ccc(Cl)cc3)c(C3CCCCO3)nn12. The van der Waals surface area contributed by atoms with Gasteiger partial charge in [0.05, 0.1) is 5.56 Å². The number of aromatic hydroxyl groups is 1. The summed E-state index contributed by atoms with van der Waals surface area (Å²) >= 11 is 5.97. The summed E-state index contributed by atoms with van der Waals surface area (Å²) in [5, 5.41) is 14.7. The summed E-state index contributed by atoms with van der Waals surface area (Å²) in [6, 6.07) is 6.76. The lowest BCUT2D eigenvalue weighted by Crippen LogP contribution is -2.18. The molecule has 3 aromatic rings. The maximum absolute atomic E-state index is 12.1. The first-order valence-corrected chi connectivity index (χ1v) is 8.11. The highest BCUT2D eigenvalue weighted by molar-refractivity contribution is 6.30. The second kappa shape index (κ2) is 5.92. The number of nitrogens with one attached hydrogen (secondary N) is 1. The van der Waals surface area contributed by atoms with E-state index in [4.69, 9.17) is 16.3 Å². The number of H-pyrrole nitrogens is 1. The van der Waals surface area contributed by atoms with Crippen LogP contribution in [0.1, 0.15) is 31.1 Å². The molecule has 7 nitrogen and oxygen atoms in total. The van der Waals surface area contributed by atoms with E-state index in [9.17, 15) is 9.90 Å². The minimum absolute atomic E-state index is 0.201. The molecule has 1 atom stereocenters. The van der Waals surface area contributed by atoms with Crippen molar-refractivity contribution in [3.8, 4) is 17.1 Å². The molecule has 0 amide bonds. The summed E-state index contributed by atoms with van der Waals surface area (Å²) in [6.45, 7) is 0.660. The molecule has 4 rings (SSSR count). The van der Waals surface area contributed by atoms with Crippen molar-refractivity contribution < 1.29 is 9.84 Å². The Bertz CT molecular complexity index is 942. The van der Waals surface area contributed by atoms with Gasteiger partial charge in [0, 0.05) is 11.6 Å². The summed E-state index contributed by atoms with van der Waals surface area (Å²) in [5.74, 6) is 0. The highest BCUT2D eigenvalue weighted by atomic mass is 35.5. The van der Waals surface area contributed by atoms with Crippen molar-refractivity contribution in [1.82, 2.24) is 19.6 Å². The van der Waals surface area contributed by atoms with Crippen LogP contribution in [0.3, 0.4) is 0 Å². The van der Waals surface area contributed by atoms with E-state index < -0.39 is 11.7 Å². The normalized spacial score (nSPS) is 18.1. The Morgan fingerprint density at radius 3 is 2.79 bits per heavy atom. The quantitative estimate of drug-likeness (QED) is 0.744. The number of halogens is 1. The molecule has 24 heavy (non-hydrogen) atoms. The fourth-order valence-corrected chi connectivity index (χ4v) is 3.15. The minimum Gasteiger partial charge on any atom is -0.480 e. The van der Waals surface area contributed by atoms with Crippen molar-refractivity contribution in [3.05, 3.63) is 45.5 Å². The van der Waals surface area contributed by atoms with E-state index in [1.807, 2.05) is 12.1 Å². The Balaban J connectivity index is 1.99. The Labute approximate surface area is 141 Å². The van der Waals surface area contributed by atoms with Crippen LogP contribution in [0, 0.1) is 0 Å². The van der Waals surface area contributed by atoms with Crippen molar-refractivity contribution in [2.75, 3.05) is 6.61 Å². The van der Waals surface area contributed by atoms with Gasteiger partial charge in [0.1, 0.15) is 11.8 Å². The number of benzene rings is 1. The number of nitrogens with zero attached hydrogens (tertiary/aromatic N) is 3. The summed E-state index contributed by atoms with van der Waals surface area (Å²) in [6.07, 6.45) is 2.68. The van der Waals surface area contributed by atoms with E-state index in [-0.39, 0.29) is 6.10 Å². The Kier molecular flexibility index (Phi) is 3.74. The van der Waals surface area contributed by atoms with E-state index in [1.54, 1.807) is 12.1 Å². The van der Waals surface area contributed by atoms with Crippen molar-refractivity contribution >= 4 is 17.2 Å². The zero-order valence-corrected chi connectivity index (χ0v) is 13.5. The van der Waals surface area contributed by atoms with Gasteiger partial charge in [0.25, 0.3) is 6.01 Å². The molecule has 0 radical (unpaired) electrons. The van der Waals surface area contributed by atoms with Crippen molar-refractivity contribution in [2.45, 2.75) is 25.4 Å². The van der Waals surface area contributed by atoms with Gasteiger partial charge >= 0.3 is 5.69 Å². The average molecular weight is 347 g/mol. The number of hydrogen-bond donors (Lipinski definition) is 2. The molecule has 0 saturated carbocycles. The molecule has 1 aliphatic rings. The zero-order chi connectivity index (χ0) is 16.7. The Morgan fingerprint density at radius 2 is 2.08 bits per heavy atom. The van der Waals surface area contributed by atoms with Gasteiger partial charge in [0.15, 0.2) is 5.65 Å². The number of fused-ring (bicyclic) bond motifs is 1. The highest BCUT2D eigenvalue weighted by Gasteiger charge is 2.27. The number of aromatic amines is 1. The summed E-state index contributed by atoms with van der Waals surface area (Å²) < 4.78 is 7.01. The lowest BCUT2D eigenvalue weighted by Gasteiger charge is -2.21. The molecule has 1 saturated heterocycles. The van der Waals surface area contributed by atoms with Crippen LogP contribution in [0.2, 0.25) is 5.02 Å². The second-order valence-electron chi connectivity index (χ2n) is 5.72. The Morgan fingerprint density at radius 1 is 1.29 bits per heavy atom. The van der Waals surface area contributed by atoms with E-state index in [0.29, 0.717) is 28.5 Å². The molecule has 0 bridgehead atoms. The molecular formula is C16H15ClN4O3. The van der Waals surface area contributed by atoms with Crippen LogP contribution in [0.25, 0.3) is 16.8 Å². The van der Waals surface area contributed by atoms with Gasteiger partial charge in [-0.3, -0.25) is 4.98 Å². The molecule has 2 aromatic heterocycles. The van der Waals surface area contributed by atoms with Crippen molar-refractivity contribution in [1.29, 1.82) is 0 Å². The first-order chi connectivity index (χ1) is 11.6. The molecule has 8 heteroatoms. The number of rotatable bonds is 2. The lowest BCUT2D eigenvalue weighted by atomic mass is 9.99. The smallest absolute Gasteiger partial charge is 0.352 e. The third-order valence-corrected chi connectivity index (χ3v) is 4.38. The van der Waals surface area contributed by atoms with Gasteiger partial charge in [0.2, 0.25) is 0 Å². The number of hydrogen-bond acceptors (Lipinski definition) is 5. The van der Waals surface area contributed by atoms with Crippen LogP contribution in [0.15, 0.2) is 29.1 Å². The molecule has 1 fully saturated rings. The molecule has 1 unspecified atom stereocenters. The fraction of sp³-hybridized carbons (Fsp3) is 0.312. The maximum Gasteiger partial charge on any atom is 0.352 e. The van der Waals surface area contributed by atoms with Crippen LogP contribution < -0.4 is 5.69 Å². The molecule has 1 aliphatic heterocycles. The summed E-state index contributed by atoms with van der Waals surface area (Å²) in [5.41, 5.74) is 1.90. The predicted molar refractivity (Wildman–Crippen MR) is 88.3 cm³/mol. The fourth-order valence-electron chi connectivity index (χ4n) is 3.02. The first kappa shape index (κ1) is 15.2. The standard InChI is InChI=1S/C16H15ClN4O3/c17-10-6-4-9(5-7-10)12-13(11-3-1-2-8-24-11)20-21-14(12)18-15(22)19-16(21)23/h4-7,11H,1-3,8H2,(H2,18,19,22,23). The van der Waals surface area contributed by atoms with Crippen LogP contribution in [0.4, 0.5) is 0 Å². The van der Waals surface area contributed by atoms with Crippen molar-refractivity contribution in [3.63, 3.8) is 0 Å². The van der Waals surface area contributed by atoms with Gasteiger partial charge in [-0.1, -0.05) is 23.7 Å². The molecule has 124 valence electrons.